The summed E-state index contributed by atoms with van der Waals surface area (Å²) in [5.41, 5.74) is -0.236. The maximum atomic E-state index is 12.3. The molecule has 1 aromatic carbocycles. The van der Waals surface area contributed by atoms with E-state index in [4.69, 9.17) is 0 Å². The highest BCUT2D eigenvalue weighted by molar-refractivity contribution is 7.92. The molecule has 0 aliphatic rings. The second-order valence-electron chi connectivity index (χ2n) is 4.86. The highest BCUT2D eigenvalue weighted by Crippen LogP contribution is 2.38. The third-order valence-electron chi connectivity index (χ3n) is 3.05. The molecule has 0 fully saturated rings. The molecule has 20 heavy (non-hydrogen) atoms. The Bertz CT molecular complexity index is 579. The van der Waals surface area contributed by atoms with Gasteiger partial charge in [-0.3, -0.25) is 0 Å². The maximum absolute atomic E-state index is 12.3. The number of rotatable bonds is 4. The van der Waals surface area contributed by atoms with Gasteiger partial charge in [0.15, 0.2) is 9.84 Å². The van der Waals surface area contributed by atoms with Crippen LogP contribution in [-0.4, -0.2) is 30.9 Å². The average Bonchev–Trinajstić information content (AvgIpc) is 2.25. The standard InChI is InChI=1S/C12H15F3O4S/c1-11(2,20(3,17)18)10(16)8-6-4-5-7-9(8)19-12(13,14)15/h4-7,10,16H,1-3H3. The van der Waals surface area contributed by atoms with Gasteiger partial charge in [0, 0.05) is 11.8 Å². The maximum Gasteiger partial charge on any atom is 0.573 e. The number of ether oxygens (including phenoxy) is 1. The van der Waals surface area contributed by atoms with Crippen molar-refractivity contribution in [3.05, 3.63) is 29.8 Å². The Labute approximate surface area is 115 Å². The van der Waals surface area contributed by atoms with Crippen molar-refractivity contribution in [3.63, 3.8) is 0 Å². The first-order chi connectivity index (χ1) is 8.86. The van der Waals surface area contributed by atoms with Crippen molar-refractivity contribution in [1.29, 1.82) is 0 Å². The summed E-state index contributed by atoms with van der Waals surface area (Å²) in [6.45, 7) is 2.47. The van der Waals surface area contributed by atoms with Crippen molar-refractivity contribution in [2.75, 3.05) is 6.26 Å². The van der Waals surface area contributed by atoms with Crippen LogP contribution >= 0.6 is 0 Å². The zero-order chi connectivity index (χ0) is 15.8. The van der Waals surface area contributed by atoms with Crippen LogP contribution in [0.4, 0.5) is 13.2 Å². The predicted molar refractivity (Wildman–Crippen MR) is 67.0 cm³/mol. The molecule has 4 nitrogen and oxygen atoms in total. The van der Waals surface area contributed by atoms with Crippen LogP contribution in [0.5, 0.6) is 5.75 Å². The summed E-state index contributed by atoms with van der Waals surface area (Å²) in [7, 11) is -3.70. The van der Waals surface area contributed by atoms with E-state index in [0.717, 1.165) is 12.3 Å². The first-order valence-electron chi connectivity index (χ1n) is 5.58. The van der Waals surface area contributed by atoms with Gasteiger partial charge in [-0.2, -0.15) is 0 Å². The highest BCUT2D eigenvalue weighted by atomic mass is 32.2. The molecule has 1 atom stereocenters. The molecule has 0 radical (unpaired) electrons. The largest absolute Gasteiger partial charge is 0.573 e. The van der Waals surface area contributed by atoms with Crippen LogP contribution in [0.25, 0.3) is 0 Å². The lowest BCUT2D eigenvalue weighted by atomic mass is 9.97. The summed E-state index contributed by atoms with van der Waals surface area (Å²) in [6, 6.07) is 4.90. The molecule has 0 amide bonds. The fourth-order valence-electron chi connectivity index (χ4n) is 1.50. The predicted octanol–water partition coefficient (Wildman–Crippen LogP) is 2.44. The van der Waals surface area contributed by atoms with E-state index < -0.39 is 32.8 Å². The first-order valence-corrected chi connectivity index (χ1v) is 7.48. The molecule has 0 saturated heterocycles. The highest BCUT2D eigenvalue weighted by Gasteiger charge is 2.41. The quantitative estimate of drug-likeness (QED) is 0.927. The van der Waals surface area contributed by atoms with E-state index in [1.54, 1.807) is 0 Å². The normalized spacial score (nSPS) is 14.9. The van der Waals surface area contributed by atoms with Gasteiger partial charge in [0.1, 0.15) is 11.9 Å². The lowest BCUT2D eigenvalue weighted by Gasteiger charge is -2.30. The number of aliphatic hydroxyl groups excluding tert-OH is 1. The van der Waals surface area contributed by atoms with E-state index in [-0.39, 0.29) is 5.56 Å². The molecule has 114 valence electrons. The molecule has 0 bridgehead atoms. The lowest BCUT2D eigenvalue weighted by molar-refractivity contribution is -0.275. The zero-order valence-corrected chi connectivity index (χ0v) is 11.9. The van der Waals surface area contributed by atoms with Gasteiger partial charge in [-0.15, -0.1) is 13.2 Å². The minimum absolute atomic E-state index is 0.236. The molecule has 1 N–H and O–H groups in total. The zero-order valence-electron chi connectivity index (χ0n) is 11.1. The molecule has 1 aromatic rings. The molecule has 0 aliphatic heterocycles. The Balaban J connectivity index is 3.27. The summed E-state index contributed by atoms with van der Waals surface area (Å²) < 4.78 is 62.3. The van der Waals surface area contributed by atoms with Crippen molar-refractivity contribution in [2.45, 2.75) is 31.1 Å². The Morgan fingerprint density at radius 2 is 1.70 bits per heavy atom. The fourth-order valence-corrected chi connectivity index (χ4v) is 2.03. The molecule has 0 spiro atoms. The number of benzene rings is 1. The number of para-hydroxylation sites is 1. The monoisotopic (exact) mass is 312 g/mol. The molecular formula is C12H15F3O4S. The van der Waals surface area contributed by atoms with E-state index in [0.29, 0.717) is 0 Å². The third kappa shape index (κ3) is 3.63. The summed E-state index contributed by atoms with van der Waals surface area (Å²) in [4.78, 5) is 0. The molecule has 8 heteroatoms. The minimum atomic E-state index is -4.93. The average molecular weight is 312 g/mol. The molecule has 0 heterocycles. The van der Waals surface area contributed by atoms with E-state index in [9.17, 15) is 26.7 Å². The van der Waals surface area contributed by atoms with Crippen molar-refractivity contribution >= 4 is 9.84 Å². The topological polar surface area (TPSA) is 63.6 Å². The lowest BCUT2D eigenvalue weighted by Crippen LogP contribution is -2.38. The summed E-state index contributed by atoms with van der Waals surface area (Å²) >= 11 is 0. The van der Waals surface area contributed by atoms with E-state index in [2.05, 4.69) is 4.74 Å². The molecule has 0 aromatic heterocycles. The molecule has 0 saturated carbocycles. The smallest absolute Gasteiger partial charge is 0.405 e. The molecular weight excluding hydrogens is 297 g/mol. The number of sulfone groups is 1. The Hall–Kier alpha value is -1.28. The van der Waals surface area contributed by atoms with Gasteiger partial charge in [0.2, 0.25) is 0 Å². The Kier molecular flexibility index (Phi) is 4.40. The van der Waals surface area contributed by atoms with Crippen LogP contribution < -0.4 is 4.74 Å². The number of hydrogen-bond acceptors (Lipinski definition) is 4. The van der Waals surface area contributed by atoms with E-state index in [1.807, 2.05) is 0 Å². The fraction of sp³-hybridized carbons (Fsp3) is 0.500. The van der Waals surface area contributed by atoms with Crippen molar-refractivity contribution in [3.8, 4) is 5.75 Å². The second kappa shape index (κ2) is 5.25. The summed E-state index contributed by atoms with van der Waals surface area (Å²) in [6.07, 6.45) is -5.68. The summed E-state index contributed by atoms with van der Waals surface area (Å²) in [5.74, 6) is -0.621. The van der Waals surface area contributed by atoms with Crippen LogP contribution in [0.15, 0.2) is 24.3 Å². The van der Waals surface area contributed by atoms with E-state index >= 15 is 0 Å². The van der Waals surface area contributed by atoms with Gasteiger partial charge >= 0.3 is 6.36 Å². The minimum Gasteiger partial charge on any atom is -0.405 e. The van der Waals surface area contributed by atoms with Crippen LogP contribution in [0.3, 0.4) is 0 Å². The summed E-state index contributed by atoms with van der Waals surface area (Å²) in [5, 5.41) is 10.1. The van der Waals surface area contributed by atoms with E-state index in [1.165, 1.54) is 32.0 Å². The molecule has 1 rings (SSSR count). The van der Waals surface area contributed by atoms with Crippen LogP contribution in [-0.2, 0) is 9.84 Å². The second-order valence-corrected chi connectivity index (χ2v) is 7.46. The van der Waals surface area contributed by atoms with Gasteiger partial charge in [0.05, 0.1) is 4.75 Å². The van der Waals surface area contributed by atoms with Gasteiger partial charge in [-0.1, -0.05) is 18.2 Å². The molecule has 1 unspecified atom stereocenters. The Morgan fingerprint density at radius 3 is 2.15 bits per heavy atom. The van der Waals surface area contributed by atoms with Gasteiger partial charge in [-0.05, 0) is 19.9 Å². The van der Waals surface area contributed by atoms with Crippen LogP contribution in [0, 0.1) is 0 Å². The number of halogens is 3. The Morgan fingerprint density at radius 1 is 1.20 bits per heavy atom. The third-order valence-corrected chi connectivity index (χ3v) is 5.19. The van der Waals surface area contributed by atoms with Gasteiger partial charge < -0.3 is 9.84 Å². The van der Waals surface area contributed by atoms with Gasteiger partial charge in [-0.25, -0.2) is 8.42 Å². The van der Waals surface area contributed by atoms with Gasteiger partial charge in [0.25, 0.3) is 0 Å². The number of aliphatic hydroxyl groups is 1. The SMILES string of the molecule is CC(C)(C(O)c1ccccc1OC(F)(F)F)S(C)(=O)=O. The van der Waals surface area contributed by atoms with Crippen LogP contribution in [0.2, 0.25) is 0 Å². The number of hydrogen-bond donors (Lipinski definition) is 1. The first kappa shape index (κ1) is 16.8. The molecule has 0 aliphatic carbocycles. The van der Waals surface area contributed by atoms with Crippen molar-refractivity contribution in [2.24, 2.45) is 0 Å². The number of alkyl halides is 3. The van der Waals surface area contributed by atoms with Crippen molar-refractivity contribution < 1.29 is 31.4 Å². The van der Waals surface area contributed by atoms with Crippen LogP contribution in [0.1, 0.15) is 25.5 Å². The van der Waals surface area contributed by atoms with Crippen molar-refractivity contribution in [1.82, 2.24) is 0 Å².